The first-order valence-electron chi connectivity index (χ1n) is 5.71. The fraction of sp³-hybridized carbons (Fsp3) is 0.385. The summed E-state index contributed by atoms with van der Waals surface area (Å²) < 4.78 is 0. The molecule has 0 bridgehead atoms. The summed E-state index contributed by atoms with van der Waals surface area (Å²) in [5.74, 6) is -0.654. The number of nitrogens with zero attached hydrogens (tertiary/aromatic N) is 1. The van der Waals surface area contributed by atoms with E-state index in [-0.39, 0.29) is 18.2 Å². The Balaban J connectivity index is 2.33. The number of aliphatic carboxylic acids is 1. The molecule has 0 radical (unpaired) electrons. The Hall–Kier alpha value is -1.49. The van der Waals surface area contributed by atoms with Crippen LogP contribution in [0.3, 0.4) is 0 Å². The van der Waals surface area contributed by atoms with Gasteiger partial charge in [0.15, 0.2) is 0 Å². The molecule has 2 rings (SSSR count). The summed E-state index contributed by atoms with van der Waals surface area (Å²) in [6, 6.07) is 5.74. The summed E-state index contributed by atoms with van der Waals surface area (Å²) in [4.78, 5) is 24.6. The minimum absolute atomic E-state index is 0.0220. The van der Waals surface area contributed by atoms with E-state index in [9.17, 15) is 9.59 Å². The predicted octanol–water partition coefficient (Wildman–Crippen LogP) is 1.84. The van der Waals surface area contributed by atoms with E-state index in [1.807, 2.05) is 32.0 Å². The maximum Gasteiger partial charge on any atom is 0.318 e. The van der Waals surface area contributed by atoms with Crippen molar-refractivity contribution in [1.29, 1.82) is 0 Å². The molecule has 1 amide bonds. The first-order valence-corrected chi connectivity index (χ1v) is 6.76. The number of carbonyl (C=O) groups excluding carboxylic acids is 1. The molecule has 0 saturated carbocycles. The second-order valence-electron chi connectivity index (χ2n) is 4.36. The van der Waals surface area contributed by atoms with Crippen molar-refractivity contribution in [2.45, 2.75) is 19.1 Å². The third-order valence-electron chi connectivity index (χ3n) is 3.20. The maximum absolute atomic E-state index is 11.9. The standard InChI is InChI=1S/C13H15NO3S/c1-8-4-3-5-10(9(8)2)14-6-11(13(16)17)18-7-12(14)15/h3-5,11H,6-7H2,1-2H3,(H,16,17). The lowest BCUT2D eigenvalue weighted by Gasteiger charge is -2.31. The second-order valence-corrected chi connectivity index (χ2v) is 5.55. The lowest BCUT2D eigenvalue weighted by atomic mass is 10.1. The van der Waals surface area contributed by atoms with Crippen LogP contribution in [-0.2, 0) is 9.59 Å². The van der Waals surface area contributed by atoms with E-state index in [1.165, 1.54) is 11.8 Å². The first kappa shape index (κ1) is 13.0. The highest BCUT2D eigenvalue weighted by molar-refractivity contribution is 8.01. The number of carbonyl (C=O) groups is 2. The molecule has 1 aliphatic heterocycles. The van der Waals surface area contributed by atoms with Gasteiger partial charge in [-0.3, -0.25) is 9.59 Å². The highest BCUT2D eigenvalue weighted by Gasteiger charge is 2.32. The van der Waals surface area contributed by atoms with Gasteiger partial charge in [-0.1, -0.05) is 12.1 Å². The number of hydrogen-bond acceptors (Lipinski definition) is 3. The van der Waals surface area contributed by atoms with Gasteiger partial charge in [0.25, 0.3) is 0 Å². The van der Waals surface area contributed by atoms with Crippen molar-refractivity contribution in [2.24, 2.45) is 0 Å². The number of amides is 1. The summed E-state index contributed by atoms with van der Waals surface area (Å²) in [5.41, 5.74) is 2.96. The molecule has 4 nitrogen and oxygen atoms in total. The zero-order chi connectivity index (χ0) is 13.3. The number of benzene rings is 1. The third kappa shape index (κ3) is 2.36. The van der Waals surface area contributed by atoms with Gasteiger partial charge in [0.05, 0.1) is 5.75 Å². The molecule has 5 heteroatoms. The molecule has 1 atom stereocenters. The molecule has 0 spiro atoms. The molecular formula is C13H15NO3S. The van der Waals surface area contributed by atoms with Crippen LogP contribution in [0.25, 0.3) is 0 Å². The minimum atomic E-state index is -0.859. The van der Waals surface area contributed by atoms with E-state index >= 15 is 0 Å². The third-order valence-corrected chi connectivity index (χ3v) is 4.37. The largest absolute Gasteiger partial charge is 0.480 e. The number of carboxylic acids is 1. The molecule has 1 heterocycles. The number of rotatable bonds is 2. The molecule has 1 aromatic carbocycles. The maximum atomic E-state index is 11.9. The van der Waals surface area contributed by atoms with E-state index in [4.69, 9.17) is 5.11 Å². The zero-order valence-electron chi connectivity index (χ0n) is 10.3. The van der Waals surface area contributed by atoms with Crippen LogP contribution in [0.1, 0.15) is 11.1 Å². The van der Waals surface area contributed by atoms with Crippen molar-refractivity contribution in [1.82, 2.24) is 0 Å². The van der Waals surface area contributed by atoms with Crippen molar-refractivity contribution in [3.63, 3.8) is 0 Å². The first-order chi connectivity index (χ1) is 8.50. The average Bonchev–Trinajstić information content (AvgIpc) is 2.33. The number of anilines is 1. The fourth-order valence-electron chi connectivity index (χ4n) is 1.98. The molecule has 1 N–H and O–H groups in total. The van der Waals surface area contributed by atoms with Crippen molar-refractivity contribution >= 4 is 29.3 Å². The van der Waals surface area contributed by atoms with E-state index in [1.54, 1.807) is 4.90 Å². The number of aryl methyl sites for hydroxylation is 1. The summed E-state index contributed by atoms with van der Waals surface area (Å²) in [5, 5.41) is 8.52. The highest BCUT2D eigenvalue weighted by Crippen LogP contribution is 2.28. The Morgan fingerprint density at radius 3 is 2.83 bits per heavy atom. The number of thioether (sulfide) groups is 1. The minimum Gasteiger partial charge on any atom is -0.480 e. The van der Waals surface area contributed by atoms with Crippen molar-refractivity contribution < 1.29 is 14.7 Å². The van der Waals surface area contributed by atoms with Gasteiger partial charge in [0, 0.05) is 12.2 Å². The van der Waals surface area contributed by atoms with Crippen molar-refractivity contribution in [3.05, 3.63) is 29.3 Å². The van der Waals surface area contributed by atoms with Crippen LogP contribution in [0.5, 0.6) is 0 Å². The predicted molar refractivity (Wildman–Crippen MR) is 72.2 cm³/mol. The summed E-state index contributed by atoms with van der Waals surface area (Å²) in [6.45, 7) is 4.18. The van der Waals surface area contributed by atoms with E-state index in [0.29, 0.717) is 0 Å². The topological polar surface area (TPSA) is 57.6 Å². The van der Waals surface area contributed by atoms with Gasteiger partial charge < -0.3 is 10.0 Å². The monoisotopic (exact) mass is 265 g/mol. The van der Waals surface area contributed by atoms with E-state index < -0.39 is 11.2 Å². The van der Waals surface area contributed by atoms with Crippen LogP contribution >= 0.6 is 11.8 Å². The van der Waals surface area contributed by atoms with Gasteiger partial charge in [0.1, 0.15) is 5.25 Å². The van der Waals surface area contributed by atoms with Crippen LogP contribution in [0.4, 0.5) is 5.69 Å². The summed E-state index contributed by atoms with van der Waals surface area (Å²) in [7, 11) is 0. The number of carboxylic acid groups (broad SMARTS) is 1. The fourth-order valence-corrected chi connectivity index (χ4v) is 2.88. The summed E-state index contributed by atoms with van der Waals surface area (Å²) >= 11 is 1.20. The quantitative estimate of drug-likeness (QED) is 0.886. The van der Waals surface area contributed by atoms with Crippen LogP contribution in [0.2, 0.25) is 0 Å². The Labute approximate surface area is 110 Å². The van der Waals surface area contributed by atoms with Gasteiger partial charge in [-0.25, -0.2) is 0 Å². The molecule has 0 aliphatic carbocycles. The molecule has 1 unspecified atom stereocenters. The summed E-state index contributed by atoms with van der Waals surface area (Å²) in [6.07, 6.45) is 0. The van der Waals surface area contributed by atoms with E-state index in [2.05, 4.69) is 0 Å². The van der Waals surface area contributed by atoms with Crippen molar-refractivity contribution in [2.75, 3.05) is 17.2 Å². The zero-order valence-corrected chi connectivity index (χ0v) is 11.2. The van der Waals surface area contributed by atoms with Crippen LogP contribution in [0, 0.1) is 13.8 Å². The molecule has 96 valence electrons. The Morgan fingerprint density at radius 2 is 2.17 bits per heavy atom. The van der Waals surface area contributed by atoms with Gasteiger partial charge >= 0.3 is 5.97 Å². The van der Waals surface area contributed by atoms with Gasteiger partial charge in [0.2, 0.25) is 5.91 Å². The average molecular weight is 265 g/mol. The molecule has 1 aliphatic rings. The highest BCUT2D eigenvalue weighted by atomic mass is 32.2. The van der Waals surface area contributed by atoms with Crippen LogP contribution in [0.15, 0.2) is 18.2 Å². The van der Waals surface area contributed by atoms with Gasteiger partial charge in [-0.05, 0) is 31.0 Å². The van der Waals surface area contributed by atoms with Crippen LogP contribution in [-0.4, -0.2) is 34.5 Å². The lowest BCUT2D eigenvalue weighted by molar-refractivity contribution is -0.136. The Morgan fingerprint density at radius 1 is 1.44 bits per heavy atom. The lowest BCUT2D eigenvalue weighted by Crippen LogP contribution is -2.45. The van der Waals surface area contributed by atoms with Gasteiger partial charge in [-0.15, -0.1) is 11.8 Å². The van der Waals surface area contributed by atoms with E-state index in [0.717, 1.165) is 16.8 Å². The molecule has 1 saturated heterocycles. The Bertz CT molecular complexity index is 501. The molecule has 0 aromatic heterocycles. The van der Waals surface area contributed by atoms with Crippen molar-refractivity contribution in [3.8, 4) is 0 Å². The molecule has 18 heavy (non-hydrogen) atoms. The normalized spacial score (nSPS) is 20.0. The Kier molecular flexibility index (Phi) is 3.61. The smallest absolute Gasteiger partial charge is 0.318 e. The molecular weight excluding hydrogens is 250 g/mol. The molecule has 1 fully saturated rings. The number of hydrogen-bond donors (Lipinski definition) is 1. The SMILES string of the molecule is Cc1cccc(N2CC(C(=O)O)SCC2=O)c1C. The van der Waals surface area contributed by atoms with Crippen LogP contribution < -0.4 is 4.90 Å². The molecule has 1 aromatic rings. The van der Waals surface area contributed by atoms with Gasteiger partial charge in [-0.2, -0.15) is 0 Å². The second kappa shape index (κ2) is 5.02.